The van der Waals surface area contributed by atoms with Gasteiger partial charge in [0.15, 0.2) is 5.82 Å². The Balaban J connectivity index is 1.62. The molecule has 1 aromatic carbocycles. The number of carbonyl (C=O) groups excluding carboxylic acids is 1. The van der Waals surface area contributed by atoms with Crippen LogP contribution in [0.1, 0.15) is 10.4 Å². The van der Waals surface area contributed by atoms with E-state index >= 15 is 0 Å². The molecule has 2 heterocycles. The summed E-state index contributed by atoms with van der Waals surface area (Å²) in [5.41, 5.74) is 1.57. The molecule has 2 aromatic rings. The highest BCUT2D eigenvalue weighted by Crippen LogP contribution is 2.17. The molecule has 126 valence electrons. The van der Waals surface area contributed by atoms with Crippen molar-refractivity contribution >= 4 is 23.4 Å². The Morgan fingerprint density at radius 3 is 2.54 bits per heavy atom. The summed E-state index contributed by atoms with van der Waals surface area (Å²) in [5.74, 6) is -0.961. The van der Waals surface area contributed by atoms with Gasteiger partial charge in [-0.3, -0.25) is 14.3 Å². The number of aromatic nitrogens is 2. The standard InChI is InChI=1S/C16H18N4O4/c21-15(22)11-20-6-5-14(18-20)17-16(23)12-1-3-13(4-2-12)19-7-9-24-10-8-19/h1-6H,7-11H2,(H,21,22)(H,17,18,23). The fourth-order valence-corrected chi connectivity index (χ4v) is 2.49. The van der Waals surface area contributed by atoms with Gasteiger partial charge in [0.05, 0.1) is 13.2 Å². The Labute approximate surface area is 138 Å². The van der Waals surface area contributed by atoms with Gasteiger partial charge >= 0.3 is 5.97 Å². The second-order valence-corrected chi connectivity index (χ2v) is 5.39. The molecule has 0 unspecified atom stereocenters. The summed E-state index contributed by atoms with van der Waals surface area (Å²) < 4.78 is 6.57. The highest BCUT2D eigenvalue weighted by molar-refractivity contribution is 6.03. The summed E-state index contributed by atoms with van der Waals surface area (Å²) >= 11 is 0. The minimum atomic E-state index is -0.991. The lowest BCUT2D eigenvalue weighted by molar-refractivity contribution is -0.137. The summed E-state index contributed by atoms with van der Waals surface area (Å²) in [5, 5.41) is 15.4. The number of nitrogens with zero attached hydrogens (tertiary/aromatic N) is 3. The molecule has 1 aliphatic heterocycles. The molecular weight excluding hydrogens is 312 g/mol. The van der Waals surface area contributed by atoms with Crippen molar-refractivity contribution in [2.75, 3.05) is 36.5 Å². The summed E-state index contributed by atoms with van der Waals surface area (Å²) in [6.45, 7) is 2.85. The van der Waals surface area contributed by atoms with Crippen molar-refractivity contribution in [3.8, 4) is 0 Å². The van der Waals surface area contributed by atoms with Gasteiger partial charge in [-0.05, 0) is 24.3 Å². The van der Waals surface area contributed by atoms with Gasteiger partial charge in [0, 0.05) is 36.6 Å². The van der Waals surface area contributed by atoms with E-state index in [1.54, 1.807) is 18.2 Å². The molecule has 1 fully saturated rings. The van der Waals surface area contributed by atoms with Crippen LogP contribution in [0.25, 0.3) is 0 Å². The number of nitrogens with one attached hydrogen (secondary N) is 1. The summed E-state index contributed by atoms with van der Waals surface area (Å²) in [6.07, 6.45) is 1.51. The van der Waals surface area contributed by atoms with Crippen LogP contribution in [0.4, 0.5) is 11.5 Å². The van der Waals surface area contributed by atoms with E-state index in [4.69, 9.17) is 9.84 Å². The Bertz CT molecular complexity index is 720. The summed E-state index contributed by atoms with van der Waals surface area (Å²) in [7, 11) is 0. The van der Waals surface area contributed by atoms with Crippen molar-refractivity contribution in [1.29, 1.82) is 0 Å². The fourth-order valence-electron chi connectivity index (χ4n) is 2.49. The molecule has 0 bridgehead atoms. The number of amides is 1. The van der Waals surface area contributed by atoms with Crippen molar-refractivity contribution in [3.05, 3.63) is 42.1 Å². The second-order valence-electron chi connectivity index (χ2n) is 5.39. The monoisotopic (exact) mass is 330 g/mol. The van der Waals surface area contributed by atoms with Crippen LogP contribution in [0.15, 0.2) is 36.5 Å². The average molecular weight is 330 g/mol. The third kappa shape index (κ3) is 3.90. The van der Waals surface area contributed by atoms with E-state index in [0.29, 0.717) is 24.6 Å². The van der Waals surface area contributed by atoms with Gasteiger partial charge in [0.2, 0.25) is 0 Å². The van der Waals surface area contributed by atoms with Crippen molar-refractivity contribution in [2.45, 2.75) is 6.54 Å². The first-order valence-corrected chi connectivity index (χ1v) is 7.61. The zero-order chi connectivity index (χ0) is 16.9. The lowest BCUT2D eigenvalue weighted by atomic mass is 10.1. The van der Waals surface area contributed by atoms with Gasteiger partial charge in [-0.25, -0.2) is 0 Å². The Kier molecular flexibility index (Phi) is 4.76. The number of ether oxygens (including phenoxy) is 1. The molecule has 0 radical (unpaired) electrons. The third-order valence-electron chi connectivity index (χ3n) is 3.69. The van der Waals surface area contributed by atoms with Crippen molar-refractivity contribution in [1.82, 2.24) is 9.78 Å². The Hall–Kier alpha value is -2.87. The number of rotatable bonds is 5. The number of aliphatic carboxylic acids is 1. The lowest BCUT2D eigenvalue weighted by Gasteiger charge is -2.28. The molecule has 8 heteroatoms. The molecule has 3 rings (SSSR count). The zero-order valence-electron chi connectivity index (χ0n) is 13.0. The van der Waals surface area contributed by atoms with Crippen LogP contribution < -0.4 is 10.2 Å². The molecule has 0 aliphatic carbocycles. The lowest BCUT2D eigenvalue weighted by Crippen LogP contribution is -2.36. The first-order chi connectivity index (χ1) is 11.6. The van der Waals surface area contributed by atoms with Gasteiger partial charge < -0.3 is 20.1 Å². The van der Waals surface area contributed by atoms with E-state index < -0.39 is 5.97 Å². The third-order valence-corrected chi connectivity index (χ3v) is 3.69. The van der Waals surface area contributed by atoms with Gasteiger partial charge in [-0.1, -0.05) is 0 Å². The highest BCUT2D eigenvalue weighted by atomic mass is 16.5. The number of carbonyl (C=O) groups is 2. The predicted molar refractivity (Wildman–Crippen MR) is 87.3 cm³/mol. The highest BCUT2D eigenvalue weighted by Gasteiger charge is 2.13. The van der Waals surface area contributed by atoms with E-state index in [-0.39, 0.29) is 12.5 Å². The smallest absolute Gasteiger partial charge is 0.325 e. The van der Waals surface area contributed by atoms with E-state index in [1.807, 2.05) is 12.1 Å². The van der Waals surface area contributed by atoms with E-state index in [9.17, 15) is 9.59 Å². The first kappa shape index (κ1) is 16.0. The quantitative estimate of drug-likeness (QED) is 0.851. The number of morpholine rings is 1. The maximum atomic E-state index is 12.2. The van der Waals surface area contributed by atoms with E-state index in [0.717, 1.165) is 18.8 Å². The number of hydrogen-bond acceptors (Lipinski definition) is 5. The zero-order valence-corrected chi connectivity index (χ0v) is 13.0. The largest absolute Gasteiger partial charge is 0.480 e. The maximum Gasteiger partial charge on any atom is 0.325 e. The Morgan fingerprint density at radius 2 is 1.88 bits per heavy atom. The van der Waals surface area contributed by atoms with Crippen LogP contribution in [0, 0.1) is 0 Å². The molecule has 0 atom stereocenters. The molecule has 0 spiro atoms. The molecule has 1 saturated heterocycles. The van der Waals surface area contributed by atoms with Crippen LogP contribution in [-0.4, -0.2) is 53.1 Å². The fraction of sp³-hybridized carbons (Fsp3) is 0.312. The summed E-state index contributed by atoms with van der Waals surface area (Å²) in [4.78, 5) is 25.1. The van der Waals surface area contributed by atoms with Crippen molar-refractivity contribution < 1.29 is 19.4 Å². The molecule has 1 aromatic heterocycles. The predicted octanol–water partition coefficient (Wildman–Crippen LogP) is 1.06. The maximum absolute atomic E-state index is 12.2. The van der Waals surface area contributed by atoms with E-state index in [1.165, 1.54) is 10.9 Å². The van der Waals surface area contributed by atoms with Crippen LogP contribution in [0.2, 0.25) is 0 Å². The molecule has 1 aliphatic rings. The van der Waals surface area contributed by atoms with Crippen LogP contribution >= 0.6 is 0 Å². The molecular formula is C16H18N4O4. The number of benzene rings is 1. The molecule has 8 nitrogen and oxygen atoms in total. The first-order valence-electron chi connectivity index (χ1n) is 7.61. The number of carboxylic acids is 1. The van der Waals surface area contributed by atoms with Gasteiger partial charge in [-0.15, -0.1) is 0 Å². The number of hydrogen-bond donors (Lipinski definition) is 2. The molecule has 0 saturated carbocycles. The molecule has 2 N–H and O–H groups in total. The number of carboxylic acid groups (broad SMARTS) is 1. The Morgan fingerprint density at radius 1 is 1.17 bits per heavy atom. The minimum Gasteiger partial charge on any atom is -0.480 e. The van der Waals surface area contributed by atoms with Gasteiger partial charge in [0.1, 0.15) is 6.54 Å². The number of anilines is 2. The van der Waals surface area contributed by atoms with Crippen molar-refractivity contribution in [2.24, 2.45) is 0 Å². The van der Waals surface area contributed by atoms with Crippen LogP contribution in [0.5, 0.6) is 0 Å². The van der Waals surface area contributed by atoms with Crippen LogP contribution in [-0.2, 0) is 16.1 Å². The average Bonchev–Trinajstić information content (AvgIpc) is 3.02. The topological polar surface area (TPSA) is 96.7 Å². The summed E-state index contributed by atoms with van der Waals surface area (Å²) in [6, 6.07) is 8.89. The van der Waals surface area contributed by atoms with Crippen LogP contribution in [0.3, 0.4) is 0 Å². The van der Waals surface area contributed by atoms with Crippen molar-refractivity contribution in [3.63, 3.8) is 0 Å². The SMILES string of the molecule is O=C(O)Cn1ccc(NC(=O)c2ccc(N3CCOCC3)cc2)n1. The minimum absolute atomic E-state index is 0.246. The van der Waals surface area contributed by atoms with E-state index in [2.05, 4.69) is 15.3 Å². The second kappa shape index (κ2) is 7.14. The molecule has 24 heavy (non-hydrogen) atoms. The van der Waals surface area contributed by atoms with Gasteiger partial charge in [0.25, 0.3) is 5.91 Å². The normalized spacial score (nSPS) is 14.4. The molecule has 1 amide bonds. The van der Waals surface area contributed by atoms with Gasteiger partial charge in [-0.2, -0.15) is 5.10 Å².